The highest BCUT2D eigenvalue weighted by Crippen LogP contribution is 2.23. The topological polar surface area (TPSA) is 93.0 Å². The first-order valence-electron chi connectivity index (χ1n) is 9.16. The van der Waals surface area contributed by atoms with Gasteiger partial charge in [-0.1, -0.05) is 24.2 Å². The minimum Gasteiger partial charge on any atom is -0.494 e. The molecule has 0 radical (unpaired) electrons. The lowest BCUT2D eigenvalue weighted by Gasteiger charge is -2.05. The van der Waals surface area contributed by atoms with Crippen molar-refractivity contribution in [3.8, 4) is 17.1 Å². The van der Waals surface area contributed by atoms with Crippen molar-refractivity contribution < 1.29 is 14.1 Å². The van der Waals surface area contributed by atoms with Crippen LogP contribution in [-0.2, 0) is 6.42 Å². The molecule has 0 bridgehead atoms. The predicted molar refractivity (Wildman–Crippen MR) is 107 cm³/mol. The Balaban J connectivity index is 1.55. The summed E-state index contributed by atoms with van der Waals surface area (Å²) in [6.07, 6.45) is 0.675. The van der Waals surface area contributed by atoms with E-state index in [1.54, 1.807) is 0 Å². The largest absolute Gasteiger partial charge is 0.494 e. The van der Waals surface area contributed by atoms with Gasteiger partial charge in [0.1, 0.15) is 11.4 Å². The van der Waals surface area contributed by atoms with E-state index >= 15 is 0 Å². The number of nitrogens with one attached hydrogen (secondary N) is 2. The molecule has 1 amide bonds. The molecular weight excluding hydrogens is 356 g/mol. The van der Waals surface area contributed by atoms with Gasteiger partial charge in [0.15, 0.2) is 0 Å². The molecule has 0 saturated carbocycles. The number of carbonyl (C=O) groups excluding carboxylic acids is 1. The van der Waals surface area contributed by atoms with Crippen LogP contribution in [-0.4, -0.2) is 27.6 Å². The molecule has 2 aromatic heterocycles. The Morgan fingerprint density at radius 2 is 2.07 bits per heavy atom. The van der Waals surface area contributed by atoms with Crippen molar-refractivity contribution in [2.45, 2.75) is 20.3 Å². The number of aryl methyl sites for hydroxylation is 1. The molecule has 7 nitrogen and oxygen atoms in total. The number of fused-ring (bicyclic) bond motifs is 1. The van der Waals surface area contributed by atoms with Gasteiger partial charge in [0.2, 0.25) is 11.7 Å². The molecule has 28 heavy (non-hydrogen) atoms. The van der Waals surface area contributed by atoms with E-state index in [1.807, 2.05) is 62.4 Å². The highest BCUT2D eigenvalue weighted by Gasteiger charge is 2.12. The van der Waals surface area contributed by atoms with E-state index in [-0.39, 0.29) is 5.91 Å². The van der Waals surface area contributed by atoms with Gasteiger partial charge >= 0.3 is 0 Å². The van der Waals surface area contributed by atoms with E-state index in [0.29, 0.717) is 36.1 Å². The summed E-state index contributed by atoms with van der Waals surface area (Å²) in [5, 5.41) is 7.82. The van der Waals surface area contributed by atoms with Gasteiger partial charge in [0.25, 0.3) is 5.91 Å². The normalized spacial score (nSPS) is 10.9. The monoisotopic (exact) mass is 376 g/mol. The fourth-order valence-electron chi connectivity index (χ4n) is 2.94. The van der Waals surface area contributed by atoms with Crippen molar-refractivity contribution >= 4 is 22.5 Å². The second-order valence-corrected chi connectivity index (χ2v) is 6.27. The SMILES string of the molecule is CCOc1ccc2cc(C(=O)Nc3cccc(-c4noc(CC)n4)c3)[nH]c2c1. The molecule has 2 N–H and O–H groups in total. The average Bonchev–Trinajstić information content (AvgIpc) is 3.35. The minimum absolute atomic E-state index is 0.228. The summed E-state index contributed by atoms with van der Waals surface area (Å²) in [5.74, 6) is 1.62. The van der Waals surface area contributed by atoms with Gasteiger partial charge in [0, 0.05) is 34.6 Å². The lowest BCUT2D eigenvalue weighted by molar-refractivity contribution is 0.102. The molecule has 0 aliphatic rings. The number of carbonyl (C=O) groups is 1. The van der Waals surface area contributed by atoms with E-state index in [2.05, 4.69) is 20.4 Å². The maximum atomic E-state index is 12.7. The lowest BCUT2D eigenvalue weighted by atomic mass is 10.2. The molecule has 0 aliphatic carbocycles. The number of hydrogen-bond donors (Lipinski definition) is 2. The Kier molecular flexibility index (Phi) is 4.80. The van der Waals surface area contributed by atoms with Crippen LogP contribution < -0.4 is 10.1 Å². The van der Waals surface area contributed by atoms with Crippen molar-refractivity contribution in [2.75, 3.05) is 11.9 Å². The first-order valence-corrected chi connectivity index (χ1v) is 9.16. The zero-order valence-electron chi connectivity index (χ0n) is 15.7. The molecule has 0 fully saturated rings. The Hall–Kier alpha value is -3.61. The highest BCUT2D eigenvalue weighted by molar-refractivity contribution is 6.06. The van der Waals surface area contributed by atoms with Gasteiger partial charge in [-0.05, 0) is 37.3 Å². The van der Waals surface area contributed by atoms with Crippen molar-refractivity contribution in [1.29, 1.82) is 0 Å². The predicted octanol–water partition coefficient (Wildman–Crippen LogP) is 4.43. The molecule has 4 aromatic rings. The number of ether oxygens (including phenoxy) is 1. The maximum Gasteiger partial charge on any atom is 0.272 e. The summed E-state index contributed by atoms with van der Waals surface area (Å²) in [5.41, 5.74) is 2.75. The van der Waals surface area contributed by atoms with Crippen LogP contribution in [0.4, 0.5) is 5.69 Å². The van der Waals surface area contributed by atoms with Gasteiger partial charge in [-0.15, -0.1) is 0 Å². The van der Waals surface area contributed by atoms with Crippen LogP contribution in [0.1, 0.15) is 30.2 Å². The molecule has 2 heterocycles. The third kappa shape index (κ3) is 3.59. The molecule has 0 saturated heterocycles. The highest BCUT2D eigenvalue weighted by atomic mass is 16.5. The van der Waals surface area contributed by atoms with Gasteiger partial charge in [-0.3, -0.25) is 4.79 Å². The van der Waals surface area contributed by atoms with Gasteiger partial charge < -0.3 is 19.6 Å². The first kappa shape index (κ1) is 17.8. The van der Waals surface area contributed by atoms with Crippen LogP contribution in [0.3, 0.4) is 0 Å². The number of hydrogen-bond acceptors (Lipinski definition) is 5. The zero-order chi connectivity index (χ0) is 19.5. The molecule has 0 unspecified atom stereocenters. The molecule has 4 rings (SSSR count). The summed E-state index contributed by atoms with van der Waals surface area (Å²) in [4.78, 5) is 20.1. The fourth-order valence-corrected chi connectivity index (χ4v) is 2.94. The molecule has 142 valence electrons. The Morgan fingerprint density at radius 1 is 1.18 bits per heavy atom. The summed E-state index contributed by atoms with van der Waals surface area (Å²) >= 11 is 0. The smallest absolute Gasteiger partial charge is 0.272 e. The third-order valence-corrected chi connectivity index (χ3v) is 4.30. The zero-order valence-corrected chi connectivity index (χ0v) is 15.7. The van der Waals surface area contributed by atoms with Crippen molar-refractivity contribution in [3.63, 3.8) is 0 Å². The Labute approximate surface area is 161 Å². The number of nitrogens with zero attached hydrogens (tertiary/aromatic N) is 2. The number of amides is 1. The lowest BCUT2D eigenvalue weighted by Crippen LogP contribution is -2.12. The van der Waals surface area contributed by atoms with E-state index in [0.717, 1.165) is 22.2 Å². The number of benzene rings is 2. The Bertz CT molecular complexity index is 1130. The van der Waals surface area contributed by atoms with Crippen LogP contribution in [0, 0.1) is 0 Å². The van der Waals surface area contributed by atoms with E-state index < -0.39 is 0 Å². The van der Waals surface area contributed by atoms with Crippen molar-refractivity contribution in [1.82, 2.24) is 15.1 Å². The number of aromatic nitrogens is 3. The van der Waals surface area contributed by atoms with E-state index in [4.69, 9.17) is 9.26 Å². The number of H-pyrrole nitrogens is 1. The van der Waals surface area contributed by atoms with Crippen LogP contribution in [0.25, 0.3) is 22.3 Å². The second kappa shape index (κ2) is 7.56. The van der Waals surface area contributed by atoms with Crippen molar-refractivity contribution in [3.05, 3.63) is 60.1 Å². The molecular formula is C21H20N4O3. The molecule has 2 aromatic carbocycles. The van der Waals surface area contributed by atoms with E-state index in [9.17, 15) is 4.79 Å². The van der Waals surface area contributed by atoms with E-state index in [1.165, 1.54) is 0 Å². The molecule has 0 spiro atoms. The van der Waals surface area contributed by atoms with Crippen molar-refractivity contribution in [2.24, 2.45) is 0 Å². The summed E-state index contributed by atoms with van der Waals surface area (Å²) in [6.45, 7) is 4.48. The van der Waals surface area contributed by atoms with Gasteiger partial charge in [0.05, 0.1) is 6.61 Å². The van der Waals surface area contributed by atoms with Crippen LogP contribution in [0.15, 0.2) is 53.1 Å². The Morgan fingerprint density at radius 3 is 2.86 bits per heavy atom. The average molecular weight is 376 g/mol. The third-order valence-electron chi connectivity index (χ3n) is 4.30. The second-order valence-electron chi connectivity index (χ2n) is 6.27. The maximum absolute atomic E-state index is 12.7. The summed E-state index contributed by atoms with van der Waals surface area (Å²) in [7, 11) is 0. The molecule has 7 heteroatoms. The fraction of sp³-hybridized carbons (Fsp3) is 0.190. The van der Waals surface area contributed by atoms with Crippen LogP contribution in [0.5, 0.6) is 5.75 Å². The first-order chi connectivity index (χ1) is 13.7. The summed E-state index contributed by atoms with van der Waals surface area (Å²) in [6, 6.07) is 14.9. The number of rotatable bonds is 6. The van der Waals surface area contributed by atoms with Crippen LogP contribution >= 0.6 is 0 Å². The number of anilines is 1. The standard InChI is InChI=1S/C21H20N4O3/c1-3-19-24-20(25-28-19)14-6-5-7-15(10-14)22-21(26)18-11-13-8-9-16(27-4-2)12-17(13)23-18/h5-12,23H,3-4H2,1-2H3,(H,22,26). The van der Waals surface area contributed by atoms with Crippen LogP contribution in [0.2, 0.25) is 0 Å². The number of aromatic amines is 1. The van der Waals surface area contributed by atoms with Gasteiger partial charge in [-0.25, -0.2) is 0 Å². The molecule has 0 aliphatic heterocycles. The molecule has 0 atom stereocenters. The quantitative estimate of drug-likeness (QED) is 0.519. The van der Waals surface area contributed by atoms with Gasteiger partial charge in [-0.2, -0.15) is 4.98 Å². The minimum atomic E-state index is -0.228. The summed E-state index contributed by atoms with van der Waals surface area (Å²) < 4.78 is 10.7.